The Labute approximate surface area is 128 Å². The van der Waals surface area contributed by atoms with Crippen LogP contribution in [0.4, 0.5) is 0 Å². The van der Waals surface area contributed by atoms with Crippen molar-refractivity contribution in [1.29, 1.82) is 0 Å². The first-order valence-electron chi connectivity index (χ1n) is 7.87. The zero-order valence-electron chi connectivity index (χ0n) is 13.3. The third kappa shape index (κ3) is 4.35. The lowest BCUT2D eigenvalue weighted by Gasteiger charge is -2.24. The largest absolute Gasteiger partial charge is 0.366 e. The van der Waals surface area contributed by atoms with E-state index in [1.165, 1.54) is 0 Å². The van der Waals surface area contributed by atoms with Crippen LogP contribution in [0.1, 0.15) is 45.2 Å². The fourth-order valence-corrected chi connectivity index (χ4v) is 2.67. The third-order valence-corrected chi connectivity index (χ3v) is 3.92. The van der Waals surface area contributed by atoms with Crippen molar-refractivity contribution in [2.75, 3.05) is 6.54 Å². The lowest BCUT2D eigenvalue weighted by Crippen LogP contribution is -2.41. The number of benzene rings is 1. The molecule has 1 aromatic carbocycles. The van der Waals surface area contributed by atoms with Gasteiger partial charge in [-0.3, -0.25) is 4.79 Å². The second kappa shape index (κ2) is 7.30. The van der Waals surface area contributed by atoms with Gasteiger partial charge in [-0.1, -0.05) is 50.3 Å². The van der Waals surface area contributed by atoms with Crippen LogP contribution in [0.5, 0.6) is 0 Å². The zero-order valence-corrected chi connectivity index (χ0v) is 13.3. The molecule has 21 heavy (non-hydrogen) atoms. The van der Waals surface area contributed by atoms with Gasteiger partial charge in [0.25, 0.3) is 0 Å². The van der Waals surface area contributed by atoms with Crippen LogP contribution in [-0.2, 0) is 4.79 Å². The van der Waals surface area contributed by atoms with Crippen molar-refractivity contribution in [3.63, 3.8) is 0 Å². The first-order valence-corrected chi connectivity index (χ1v) is 7.87. The zero-order chi connectivity index (χ0) is 15.2. The predicted molar refractivity (Wildman–Crippen MR) is 86.7 cm³/mol. The minimum absolute atomic E-state index is 0.0221. The molecule has 1 aromatic rings. The summed E-state index contributed by atoms with van der Waals surface area (Å²) in [4.78, 5) is 14.7. The molecule has 0 aliphatic carbocycles. The maximum absolute atomic E-state index is 12.5. The van der Waals surface area contributed by atoms with E-state index in [4.69, 9.17) is 0 Å². The van der Waals surface area contributed by atoms with Gasteiger partial charge in [-0.2, -0.15) is 0 Å². The first-order chi connectivity index (χ1) is 10.1. The third-order valence-electron chi connectivity index (χ3n) is 3.92. The summed E-state index contributed by atoms with van der Waals surface area (Å²) in [5.41, 5.74) is 1.15. The second-order valence-electron chi connectivity index (χ2n) is 6.12. The van der Waals surface area contributed by atoms with Crippen LogP contribution in [0.2, 0.25) is 0 Å². The molecule has 2 rings (SSSR count). The molecule has 0 spiro atoms. The van der Waals surface area contributed by atoms with E-state index in [9.17, 15) is 4.79 Å². The van der Waals surface area contributed by atoms with Gasteiger partial charge >= 0.3 is 0 Å². The van der Waals surface area contributed by atoms with Gasteiger partial charge in [0.15, 0.2) is 0 Å². The molecule has 1 amide bonds. The Morgan fingerprint density at radius 3 is 2.67 bits per heavy atom. The lowest BCUT2D eigenvalue weighted by atomic mass is 10.1. The summed E-state index contributed by atoms with van der Waals surface area (Å²) in [6.45, 7) is 7.32. The number of carbonyl (C=O) groups is 1. The van der Waals surface area contributed by atoms with E-state index in [1.807, 2.05) is 25.1 Å². The van der Waals surface area contributed by atoms with Gasteiger partial charge < -0.3 is 10.2 Å². The van der Waals surface area contributed by atoms with Crippen molar-refractivity contribution < 1.29 is 4.79 Å². The Balaban J connectivity index is 1.96. The van der Waals surface area contributed by atoms with Gasteiger partial charge in [-0.25, -0.2) is 0 Å². The van der Waals surface area contributed by atoms with Gasteiger partial charge in [-0.05, 0) is 37.4 Å². The SMILES string of the molecule is CC(C)/C=C/N1CCC[C@H]1C(=O)N[C@@H](C)c1ccccc1. The number of allylic oxidation sites excluding steroid dienone is 1. The molecule has 0 unspecified atom stereocenters. The molecule has 0 aromatic heterocycles. The molecule has 2 atom stereocenters. The van der Waals surface area contributed by atoms with Crippen molar-refractivity contribution in [2.24, 2.45) is 5.92 Å². The molecule has 114 valence electrons. The molecular weight excluding hydrogens is 260 g/mol. The number of likely N-dealkylation sites (tertiary alicyclic amines) is 1. The van der Waals surface area contributed by atoms with Crippen molar-refractivity contribution in [2.45, 2.75) is 45.7 Å². The lowest BCUT2D eigenvalue weighted by molar-refractivity contribution is -0.125. The van der Waals surface area contributed by atoms with Gasteiger partial charge in [0.2, 0.25) is 5.91 Å². The summed E-state index contributed by atoms with van der Waals surface area (Å²) in [5.74, 6) is 0.648. The first kappa shape index (κ1) is 15.6. The molecule has 3 heteroatoms. The van der Waals surface area contributed by atoms with Crippen LogP contribution >= 0.6 is 0 Å². The molecule has 0 saturated carbocycles. The molecule has 3 nitrogen and oxygen atoms in total. The quantitative estimate of drug-likeness (QED) is 0.898. The van der Waals surface area contributed by atoms with Gasteiger partial charge in [0.1, 0.15) is 6.04 Å². The maximum Gasteiger partial charge on any atom is 0.243 e. The molecule has 1 aliphatic rings. The molecular formula is C18H26N2O. The number of hydrogen-bond acceptors (Lipinski definition) is 2. The summed E-state index contributed by atoms with van der Waals surface area (Å²) in [6, 6.07) is 10.1. The van der Waals surface area contributed by atoms with E-state index in [0.717, 1.165) is 24.9 Å². The highest BCUT2D eigenvalue weighted by atomic mass is 16.2. The fraction of sp³-hybridized carbons (Fsp3) is 0.500. The number of nitrogens with zero attached hydrogens (tertiary/aromatic N) is 1. The van der Waals surface area contributed by atoms with Crippen molar-refractivity contribution >= 4 is 5.91 Å². The molecule has 1 fully saturated rings. The summed E-state index contributed by atoms with van der Waals surface area (Å²) in [7, 11) is 0. The Bertz CT molecular complexity index is 481. The number of rotatable bonds is 5. The van der Waals surface area contributed by atoms with Crippen molar-refractivity contribution in [3.8, 4) is 0 Å². The highest BCUT2D eigenvalue weighted by Crippen LogP contribution is 2.20. The summed E-state index contributed by atoms with van der Waals surface area (Å²) in [5, 5.41) is 3.14. The summed E-state index contributed by atoms with van der Waals surface area (Å²) in [6.07, 6.45) is 6.28. The van der Waals surface area contributed by atoms with Crippen LogP contribution in [0, 0.1) is 5.92 Å². The number of hydrogen-bond donors (Lipinski definition) is 1. The Morgan fingerprint density at radius 1 is 1.29 bits per heavy atom. The van der Waals surface area contributed by atoms with Gasteiger partial charge in [0.05, 0.1) is 6.04 Å². The minimum Gasteiger partial charge on any atom is -0.366 e. The van der Waals surface area contributed by atoms with E-state index >= 15 is 0 Å². The summed E-state index contributed by atoms with van der Waals surface area (Å²) < 4.78 is 0. The van der Waals surface area contributed by atoms with Crippen molar-refractivity contribution in [3.05, 3.63) is 48.2 Å². The smallest absolute Gasteiger partial charge is 0.243 e. The fourth-order valence-electron chi connectivity index (χ4n) is 2.67. The molecule has 1 N–H and O–H groups in total. The van der Waals surface area contributed by atoms with Crippen LogP contribution in [-0.4, -0.2) is 23.4 Å². The Morgan fingerprint density at radius 2 is 2.00 bits per heavy atom. The van der Waals surface area contributed by atoms with E-state index in [-0.39, 0.29) is 18.0 Å². The standard InChI is InChI=1S/C18H26N2O/c1-14(2)11-13-20-12-7-10-17(20)18(21)19-15(3)16-8-5-4-6-9-16/h4-6,8-9,11,13-15,17H,7,10,12H2,1-3H3,(H,19,21)/b13-11+/t15-,17-/m0/s1. The maximum atomic E-state index is 12.5. The van der Waals surface area contributed by atoms with Crippen molar-refractivity contribution in [1.82, 2.24) is 10.2 Å². The Hall–Kier alpha value is -1.77. The molecule has 0 radical (unpaired) electrons. The van der Waals surface area contributed by atoms with Crippen LogP contribution in [0.25, 0.3) is 0 Å². The predicted octanol–water partition coefficient (Wildman–Crippen LogP) is 3.50. The van der Waals surface area contributed by atoms with E-state index < -0.39 is 0 Å². The molecule has 1 aliphatic heterocycles. The minimum atomic E-state index is -0.0221. The van der Waals surface area contributed by atoms with Crippen LogP contribution in [0.15, 0.2) is 42.6 Å². The van der Waals surface area contributed by atoms with E-state index in [1.54, 1.807) is 0 Å². The van der Waals surface area contributed by atoms with Gasteiger partial charge in [0, 0.05) is 6.54 Å². The topological polar surface area (TPSA) is 32.3 Å². The second-order valence-corrected chi connectivity index (χ2v) is 6.12. The normalized spacial score (nSPS) is 20.2. The van der Waals surface area contributed by atoms with Gasteiger partial charge in [-0.15, -0.1) is 0 Å². The highest BCUT2D eigenvalue weighted by Gasteiger charge is 2.29. The molecule has 1 heterocycles. The number of amides is 1. The van der Waals surface area contributed by atoms with E-state index in [2.05, 4.69) is 48.5 Å². The number of carbonyl (C=O) groups excluding carboxylic acids is 1. The highest BCUT2D eigenvalue weighted by molar-refractivity contribution is 5.82. The summed E-state index contributed by atoms with van der Waals surface area (Å²) >= 11 is 0. The van der Waals surface area contributed by atoms with Crippen LogP contribution in [0.3, 0.4) is 0 Å². The average Bonchev–Trinajstić information content (AvgIpc) is 2.94. The monoisotopic (exact) mass is 286 g/mol. The average molecular weight is 286 g/mol. The molecule has 1 saturated heterocycles. The van der Waals surface area contributed by atoms with Crippen LogP contribution < -0.4 is 5.32 Å². The molecule has 0 bridgehead atoms. The Kier molecular flexibility index (Phi) is 5.43. The van der Waals surface area contributed by atoms with E-state index in [0.29, 0.717) is 5.92 Å². The number of nitrogens with one attached hydrogen (secondary N) is 1.